The number of carbonyl (C=O) groups excluding carboxylic acids is 1. The van der Waals surface area contributed by atoms with Gasteiger partial charge in [-0.15, -0.1) is 0 Å². The number of carbonyl (C=O) groups is 2. The molecule has 0 fully saturated rings. The predicted octanol–water partition coefficient (Wildman–Crippen LogP) is 0.926. The number of benzene rings is 1. The number of nitrogens with zero attached hydrogens (tertiary/aromatic N) is 3. The first-order valence-corrected chi connectivity index (χ1v) is 6.27. The fourth-order valence-electron chi connectivity index (χ4n) is 2.50. The van der Waals surface area contributed by atoms with E-state index in [4.69, 9.17) is 0 Å². The monoisotopic (exact) mass is 271 g/mol. The molecule has 2 heterocycles. The molecule has 6 heteroatoms. The van der Waals surface area contributed by atoms with Gasteiger partial charge in [-0.1, -0.05) is 18.2 Å². The second-order valence-electron chi connectivity index (χ2n) is 4.65. The van der Waals surface area contributed by atoms with Gasteiger partial charge in [-0.2, -0.15) is 5.10 Å². The highest BCUT2D eigenvalue weighted by Crippen LogP contribution is 2.32. The summed E-state index contributed by atoms with van der Waals surface area (Å²) in [6.07, 6.45) is 3.60. The first-order chi connectivity index (χ1) is 9.66. The highest BCUT2D eigenvalue weighted by Gasteiger charge is 2.38. The summed E-state index contributed by atoms with van der Waals surface area (Å²) in [5.74, 6) is -1.26. The Balaban J connectivity index is 1.92. The lowest BCUT2D eigenvalue weighted by Gasteiger charge is -2.22. The van der Waals surface area contributed by atoms with Gasteiger partial charge >= 0.3 is 5.97 Å². The lowest BCUT2D eigenvalue weighted by atomic mass is 10.1. The van der Waals surface area contributed by atoms with Crippen molar-refractivity contribution in [2.75, 3.05) is 4.90 Å². The largest absolute Gasteiger partial charge is 0.480 e. The molecule has 1 atom stereocenters. The van der Waals surface area contributed by atoms with Gasteiger partial charge in [-0.3, -0.25) is 14.4 Å². The molecular formula is C14H13N3O3. The number of fused-ring (bicyclic) bond motifs is 1. The van der Waals surface area contributed by atoms with Gasteiger partial charge < -0.3 is 5.11 Å². The zero-order valence-electron chi connectivity index (χ0n) is 10.6. The highest BCUT2D eigenvalue weighted by molar-refractivity contribution is 6.01. The molecule has 1 aromatic carbocycles. The Labute approximate surface area is 115 Å². The minimum Gasteiger partial charge on any atom is -0.480 e. The molecule has 0 spiro atoms. The summed E-state index contributed by atoms with van der Waals surface area (Å²) in [4.78, 5) is 25.1. The zero-order valence-corrected chi connectivity index (χ0v) is 10.6. The van der Waals surface area contributed by atoms with E-state index in [1.807, 2.05) is 12.1 Å². The number of anilines is 1. The first-order valence-electron chi connectivity index (χ1n) is 6.27. The third-order valence-corrected chi connectivity index (χ3v) is 3.39. The number of aromatic nitrogens is 2. The minimum atomic E-state index is -0.991. The molecule has 20 heavy (non-hydrogen) atoms. The number of carboxylic acids is 1. The van der Waals surface area contributed by atoms with Gasteiger partial charge in [0.25, 0.3) is 0 Å². The molecular weight excluding hydrogens is 258 g/mol. The summed E-state index contributed by atoms with van der Waals surface area (Å²) < 4.78 is 1.49. The molecule has 0 saturated heterocycles. The molecule has 0 saturated carbocycles. The molecule has 3 rings (SSSR count). The van der Waals surface area contributed by atoms with Crippen LogP contribution in [-0.2, 0) is 22.6 Å². The Morgan fingerprint density at radius 2 is 2.10 bits per heavy atom. The number of amides is 1. The lowest BCUT2D eigenvalue weighted by molar-refractivity contribution is -0.140. The Kier molecular flexibility index (Phi) is 2.98. The summed E-state index contributed by atoms with van der Waals surface area (Å²) in [5.41, 5.74) is 1.56. The summed E-state index contributed by atoms with van der Waals surface area (Å²) in [5, 5.41) is 13.3. The minimum absolute atomic E-state index is 0.0329. The van der Waals surface area contributed by atoms with Crippen LogP contribution in [0.4, 0.5) is 5.69 Å². The summed E-state index contributed by atoms with van der Waals surface area (Å²) >= 11 is 0. The van der Waals surface area contributed by atoms with Crippen LogP contribution in [0.25, 0.3) is 0 Å². The molecule has 6 nitrogen and oxygen atoms in total. The van der Waals surface area contributed by atoms with Crippen LogP contribution in [0.15, 0.2) is 42.7 Å². The molecule has 1 amide bonds. The maximum absolute atomic E-state index is 12.4. The van der Waals surface area contributed by atoms with Crippen LogP contribution < -0.4 is 4.90 Å². The SMILES string of the molecule is O=C(O)C1Cc2ccccc2N1C(=O)Cn1cccn1. The highest BCUT2D eigenvalue weighted by atomic mass is 16.4. The standard InChI is InChI=1S/C14H13N3O3/c18-13(9-16-7-3-6-15-16)17-11-5-2-1-4-10(11)8-12(17)14(19)20/h1-7,12H,8-9H2,(H,19,20). The van der Waals surface area contributed by atoms with Crippen molar-refractivity contribution < 1.29 is 14.7 Å². The van der Waals surface area contributed by atoms with E-state index in [2.05, 4.69) is 5.10 Å². The molecule has 0 radical (unpaired) electrons. The first kappa shape index (κ1) is 12.4. The van der Waals surface area contributed by atoms with Crippen LogP contribution in [0.1, 0.15) is 5.56 Å². The van der Waals surface area contributed by atoms with Crippen molar-refractivity contribution in [3.8, 4) is 0 Å². The molecule has 1 aromatic heterocycles. The fourth-order valence-corrected chi connectivity index (χ4v) is 2.50. The second-order valence-corrected chi connectivity index (χ2v) is 4.65. The van der Waals surface area contributed by atoms with Crippen molar-refractivity contribution in [2.45, 2.75) is 19.0 Å². The van der Waals surface area contributed by atoms with Crippen molar-refractivity contribution in [1.82, 2.24) is 9.78 Å². The molecule has 1 aliphatic rings. The molecule has 1 aliphatic heterocycles. The Morgan fingerprint density at radius 1 is 1.30 bits per heavy atom. The Morgan fingerprint density at radius 3 is 2.80 bits per heavy atom. The van der Waals surface area contributed by atoms with E-state index in [1.54, 1.807) is 30.6 Å². The van der Waals surface area contributed by atoms with Gasteiger partial charge in [-0.25, -0.2) is 4.79 Å². The van der Waals surface area contributed by atoms with E-state index in [0.29, 0.717) is 12.1 Å². The number of hydrogen-bond donors (Lipinski definition) is 1. The molecule has 0 bridgehead atoms. The fraction of sp³-hybridized carbons (Fsp3) is 0.214. The van der Waals surface area contributed by atoms with Gasteiger partial charge in [0.15, 0.2) is 0 Å². The van der Waals surface area contributed by atoms with Crippen molar-refractivity contribution >= 4 is 17.6 Å². The Hall–Kier alpha value is -2.63. The van der Waals surface area contributed by atoms with E-state index in [-0.39, 0.29) is 12.5 Å². The van der Waals surface area contributed by atoms with Crippen LogP contribution in [-0.4, -0.2) is 32.8 Å². The van der Waals surface area contributed by atoms with E-state index >= 15 is 0 Å². The van der Waals surface area contributed by atoms with Gasteiger partial charge in [0.1, 0.15) is 12.6 Å². The van der Waals surface area contributed by atoms with Crippen molar-refractivity contribution in [2.24, 2.45) is 0 Å². The van der Waals surface area contributed by atoms with Crippen molar-refractivity contribution in [1.29, 1.82) is 0 Å². The number of carboxylic acid groups (broad SMARTS) is 1. The van der Waals surface area contributed by atoms with Gasteiger partial charge in [0, 0.05) is 24.5 Å². The number of para-hydroxylation sites is 1. The predicted molar refractivity (Wildman–Crippen MR) is 71.3 cm³/mol. The van der Waals surface area contributed by atoms with Gasteiger partial charge in [-0.05, 0) is 17.7 Å². The van der Waals surface area contributed by atoms with Crippen molar-refractivity contribution in [3.05, 3.63) is 48.3 Å². The zero-order chi connectivity index (χ0) is 14.1. The molecule has 2 aromatic rings. The van der Waals surface area contributed by atoms with Crippen LogP contribution >= 0.6 is 0 Å². The summed E-state index contributed by atoms with van der Waals surface area (Å²) in [6.45, 7) is 0.0329. The van der Waals surface area contributed by atoms with E-state index in [1.165, 1.54) is 9.58 Å². The van der Waals surface area contributed by atoms with Crippen LogP contribution in [0.3, 0.4) is 0 Å². The topological polar surface area (TPSA) is 75.4 Å². The van der Waals surface area contributed by atoms with Gasteiger partial charge in [0.05, 0.1) is 0 Å². The molecule has 0 aliphatic carbocycles. The van der Waals surface area contributed by atoms with Crippen LogP contribution in [0.2, 0.25) is 0 Å². The molecule has 1 unspecified atom stereocenters. The molecule has 1 N–H and O–H groups in total. The molecule has 102 valence electrons. The van der Waals surface area contributed by atoms with Crippen molar-refractivity contribution in [3.63, 3.8) is 0 Å². The number of aliphatic carboxylic acids is 1. The summed E-state index contributed by atoms with van der Waals surface area (Å²) in [6, 6.07) is 8.16. The third-order valence-electron chi connectivity index (χ3n) is 3.39. The maximum atomic E-state index is 12.4. The van der Waals surface area contributed by atoms with E-state index in [9.17, 15) is 14.7 Å². The van der Waals surface area contributed by atoms with E-state index < -0.39 is 12.0 Å². The average molecular weight is 271 g/mol. The average Bonchev–Trinajstić information content (AvgIpc) is 3.04. The maximum Gasteiger partial charge on any atom is 0.327 e. The van der Waals surface area contributed by atoms with Crippen LogP contribution in [0.5, 0.6) is 0 Å². The quantitative estimate of drug-likeness (QED) is 0.901. The smallest absolute Gasteiger partial charge is 0.327 e. The van der Waals surface area contributed by atoms with Gasteiger partial charge in [0.2, 0.25) is 5.91 Å². The number of hydrogen-bond acceptors (Lipinski definition) is 3. The second kappa shape index (κ2) is 4.80. The number of rotatable bonds is 3. The normalized spacial score (nSPS) is 17.0. The van der Waals surface area contributed by atoms with E-state index in [0.717, 1.165) is 5.56 Å². The Bertz CT molecular complexity index is 651. The van der Waals surface area contributed by atoms with Crippen LogP contribution in [0, 0.1) is 0 Å². The lowest BCUT2D eigenvalue weighted by Crippen LogP contribution is -2.44. The summed E-state index contributed by atoms with van der Waals surface area (Å²) in [7, 11) is 0. The third kappa shape index (κ3) is 2.05.